The van der Waals surface area contributed by atoms with Gasteiger partial charge in [-0.2, -0.15) is 0 Å². The fraction of sp³-hybridized carbons (Fsp3) is 0.500. The van der Waals surface area contributed by atoms with E-state index in [1.54, 1.807) is 18.2 Å². The maximum atomic E-state index is 10.3. The number of aromatic hydroxyl groups is 1. The highest BCUT2D eigenvalue weighted by Crippen LogP contribution is 2.28. The normalized spacial score (nSPS) is 19.6. The van der Waals surface area contributed by atoms with Crippen LogP contribution in [0.3, 0.4) is 0 Å². The van der Waals surface area contributed by atoms with Gasteiger partial charge in [0.05, 0.1) is 10.6 Å². The Kier molecular flexibility index (Phi) is 3.38. The summed E-state index contributed by atoms with van der Waals surface area (Å²) in [5, 5.41) is 23.2. The summed E-state index contributed by atoms with van der Waals surface area (Å²) < 4.78 is 0. The SMILES string of the molecule is Oc1ccc(CC2(O)CCNCC2)cc1Cl. The Hall–Kier alpha value is -0.770. The standard InChI is InChI=1S/C12H16ClNO2/c13-10-7-9(1-2-11(10)15)8-12(16)3-5-14-6-4-12/h1-2,7,14-16H,3-6,8H2. The summed E-state index contributed by atoms with van der Waals surface area (Å²) >= 11 is 5.83. The summed E-state index contributed by atoms with van der Waals surface area (Å²) in [6, 6.07) is 5.10. The van der Waals surface area contributed by atoms with Gasteiger partial charge in [0.1, 0.15) is 5.75 Å². The quantitative estimate of drug-likeness (QED) is 0.739. The Morgan fingerprint density at radius 3 is 2.62 bits per heavy atom. The molecule has 3 N–H and O–H groups in total. The molecular formula is C12H16ClNO2. The molecule has 1 aromatic carbocycles. The van der Waals surface area contributed by atoms with Gasteiger partial charge in [-0.25, -0.2) is 0 Å². The van der Waals surface area contributed by atoms with Gasteiger partial charge in [-0.05, 0) is 43.6 Å². The lowest BCUT2D eigenvalue weighted by Gasteiger charge is -2.32. The van der Waals surface area contributed by atoms with Gasteiger partial charge in [0, 0.05) is 6.42 Å². The van der Waals surface area contributed by atoms with Crippen molar-refractivity contribution in [2.75, 3.05) is 13.1 Å². The molecule has 0 amide bonds. The monoisotopic (exact) mass is 241 g/mol. The summed E-state index contributed by atoms with van der Waals surface area (Å²) in [6.45, 7) is 1.70. The summed E-state index contributed by atoms with van der Waals surface area (Å²) in [5.41, 5.74) is 0.332. The molecule has 0 aliphatic carbocycles. The van der Waals surface area contributed by atoms with Crippen LogP contribution < -0.4 is 5.32 Å². The molecule has 0 atom stereocenters. The fourth-order valence-corrected chi connectivity index (χ4v) is 2.31. The van der Waals surface area contributed by atoms with Gasteiger partial charge < -0.3 is 15.5 Å². The van der Waals surface area contributed by atoms with Crippen molar-refractivity contribution in [3.8, 4) is 5.75 Å². The number of phenolic OH excluding ortho intramolecular Hbond substituents is 1. The molecule has 3 nitrogen and oxygen atoms in total. The lowest BCUT2D eigenvalue weighted by Crippen LogP contribution is -2.43. The molecule has 1 saturated heterocycles. The van der Waals surface area contributed by atoms with Crippen molar-refractivity contribution in [1.29, 1.82) is 0 Å². The van der Waals surface area contributed by atoms with Crippen molar-refractivity contribution in [3.63, 3.8) is 0 Å². The summed E-state index contributed by atoms with van der Waals surface area (Å²) in [4.78, 5) is 0. The minimum atomic E-state index is -0.633. The van der Waals surface area contributed by atoms with Gasteiger partial charge in [-0.1, -0.05) is 17.7 Å². The van der Waals surface area contributed by atoms with Crippen LogP contribution in [0, 0.1) is 0 Å². The number of benzene rings is 1. The van der Waals surface area contributed by atoms with Gasteiger partial charge in [0.25, 0.3) is 0 Å². The molecule has 1 aliphatic heterocycles. The molecule has 1 heterocycles. The van der Waals surface area contributed by atoms with E-state index in [1.165, 1.54) is 0 Å². The maximum absolute atomic E-state index is 10.3. The number of aliphatic hydroxyl groups is 1. The van der Waals surface area contributed by atoms with Crippen LogP contribution in [0.15, 0.2) is 18.2 Å². The van der Waals surface area contributed by atoms with Gasteiger partial charge in [-0.15, -0.1) is 0 Å². The third-order valence-corrected chi connectivity index (χ3v) is 3.38. The van der Waals surface area contributed by atoms with Crippen LogP contribution in [-0.2, 0) is 6.42 Å². The number of hydrogen-bond donors (Lipinski definition) is 3. The molecule has 1 fully saturated rings. The lowest BCUT2D eigenvalue weighted by atomic mass is 9.86. The fourth-order valence-electron chi connectivity index (χ4n) is 2.11. The molecular weight excluding hydrogens is 226 g/mol. The van der Waals surface area contributed by atoms with E-state index in [0.717, 1.165) is 31.5 Å². The van der Waals surface area contributed by atoms with E-state index in [0.29, 0.717) is 11.4 Å². The zero-order valence-corrected chi connectivity index (χ0v) is 9.80. The Morgan fingerprint density at radius 1 is 1.31 bits per heavy atom. The minimum absolute atomic E-state index is 0.0858. The topological polar surface area (TPSA) is 52.5 Å². The number of rotatable bonds is 2. The number of phenols is 1. The predicted octanol–water partition coefficient (Wildman–Crippen LogP) is 1.70. The highest BCUT2D eigenvalue weighted by molar-refractivity contribution is 6.32. The Bertz CT molecular complexity index is 375. The molecule has 1 aromatic rings. The molecule has 0 saturated carbocycles. The average molecular weight is 242 g/mol. The van der Waals surface area contributed by atoms with Crippen LogP contribution >= 0.6 is 11.6 Å². The molecule has 0 bridgehead atoms. The van der Waals surface area contributed by atoms with E-state index < -0.39 is 5.60 Å². The molecule has 1 aliphatic rings. The van der Waals surface area contributed by atoms with Crippen LogP contribution in [0.5, 0.6) is 5.75 Å². The first-order chi connectivity index (χ1) is 7.59. The van der Waals surface area contributed by atoms with Crippen molar-refractivity contribution >= 4 is 11.6 Å². The summed E-state index contributed by atoms with van der Waals surface area (Å²) in [6.07, 6.45) is 2.10. The predicted molar refractivity (Wildman–Crippen MR) is 63.9 cm³/mol. The smallest absolute Gasteiger partial charge is 0.134 e. The second kappa shape index (κ2) is 4.62. The van der Waals surface area contributed by atoms with E-state index in [2.05, 4.69) is 5.32 Å². The van der Waals surface area contributed by atoms with E-state index in [-0.39, 0.29) is 5.75 Å². The van der Waals surface area contributed by atoms with Crippen LogP contribution in [0.25, 0.3) is 0 Å². The molecule has 2 rings (SSSR count). The maximum Gasteiger partial charge on any atom is 0.134 e. The first kappa shape index (κ1) is 11.7. The van der Waals surface area contributed by atoms with Crippen molar-refractivity contribution in [2.45, 2.75) is 24.9 Å². The molecule has 0 unspecified atom stereocenters. The molecule has 4 heteroatoms. The third kappa shape index (κ3) is 2.67. The first-order valence-corrected chi connectivity index (χ1v) is 5.87. The molecule has 0 radical (unpaired) electrons. The van der Waals surface area contributed by atoms with Crippen LogP contribution in [0.1, 0.15) is 18.4 Å². The number of halogens is 1. The Morgan fingerprint density at radius 2 is 2.00 bits per heavy atom. The Labute approximate surface area is 100 Å². The average Bonchev–Trinajstić information content (AvgIpc) is 2.24. The van der Waals surface area contributed by atoms with Gasteiger partial charge in [0.2, 0.25) is 0 Å². The van der Waals surface area contributed by atoms with Gasteiger partial charge in [-0.3, -0.25) is 0 Å². The summed E-state index contributed by atoms with van der Waals surface area (Å²) in [7, 11) is 0. The molecule has 16 heavy (non-hydrogen) atoms. The van der Waals surface area contributed by atoms with E-state index >= 15 is 0 Å². The largest absolute Gasteiger partial charge is 0.506 e. The van der Waals surface area contributed by atoms with Crippen LogP contribution in [-0.4, -0.2) is 28.9 Å². The second-order valence-electron chi connectivity index (χ2n) is 4.44. The van der Waals surface area contributed by atoms with Crippen molar-refractivity contribution in [1.82, 2.24) is 5.32 Å². The molecule has 0 aromatic heterocycles. The van der Waals surface area contributed by atoms with E-state index in [1.807, 2.05) is 0 Å². The van der Waals surface area contributed by atoms with Crippen molar-refractivity contribution in [2.24, 2.45) is 0 Å². The third-order valence-electron chi connectivity index (χ3n) is 3.08. The highest BCUT2D eigenvalue weighted by atomic mass is 35.5. The minimum Gasteiger partial charge on any atom is -0.506 e. The number of nitrogens with one attached hydrogen (secondary N) is 1. The number of piperidine rings is 1. The van der Waals surface area contributed by atoms with E-state index in [9.17, 15) is 10.2 Å². The highest BCUT2D eigenvalue weighted by Gasteiger charge is 2.29. The Balaban J connectivity index is 2.10. The number of hydrogen-bond acceptors (Lipinski definition) is 3. The molecule has 88 valence electrons. The van der Waals surface area contributed by atoms with Crippen LogP contribution in [0.2, 0.25) is 5.02 Å². The molecule has 0 spiro atoms. The second-order valence-corrected chi connectivity index (χ2v) is 4.84. The zero-order chi connectivity index (χ0) is 11.6. The van der Waals surface area contributed by atoms with Gasteiger partial charge in [0.15, 0.2) is 0 Å². The van der Waals surface area contributed by atoms with Gasteiger partial charge >= 0.3 is 0 Å². The summed E-state index contributed by atoms with van der Waals surface area (Å²) in [5.74, 6) is 0.0858. The first-order valence-electron chi connectivity index (χ1n) is 5.50. The van der Waals surface area contributed by atoms with Crippen molar-refractivity contribution < 1.29 is 10.2 Å². The van der Waals surface area contributed by atoms with E-state index in [4.69, 9.17) is 11.6 Å². The zero-order valence-electron chi connectivity index (χ0n) is 9.04. The van der Waals surface area contributed by atoms with Crippen molar-refractivity contribution in [3.05, 3.63) is 28.8 Å². The lowest BCUT2D eigenvalue weighted by molar-refractivity contribution is 0.0108. The van der Waals surface area contributed by atoms with Crippen LogP contribution in [0.4, 0.5) is 0 Å².